The Bertz CT molecular complexity index is 410. The van der Waals surface area contributed by atoms with E-state index in [4.69, 9.17) is 9.52 Å². The molecule has 0 atom stereocenters. The van der Waals surface area contributed by atoms with Gasteiger partial charge in [0, 0.05) is 12.7 Å². The third-order valence-corrected chi connectivity index (χ3v) is 2.10. The van der Waals surface area contributed by atoms with Crippen LogP contribution in [0.5, 0.6) is 0 Å². The molecule has 0 aliphatic heterocycles. The van der Waals surface area contributed by atoms with Crippen molar-refractivity contribution in [1.29, 1.82) is 0 Å². The van der Waals surface area contributed by atoms with Gasteiger partial charge in [0.25, 0.3) is 0 Å². The van der Waals surface area contributed by atoms with E-state index in [0.29, 0.717) is 19.6 Å². The van der Waals surface area contributed by atoms with Crippen LogP contribution in [0.2, 0.25) is 0 Å². The fraction of sp³-hybridized carbons (Fsp3) is 0.400. The number of rotatable bonds is 6. The van der Waals surface area contributed by atoms with Crippen LogP contribution in [0, 0.1) is 0 Å². The van der Waals surface area contributed by atoms with Gasteiger partial charge in [-0.25, -0.2) is 4.68 Å². The number of hydrogen-bond donors (Lipinski definition) is 2. The molecule has 6 nitrogen and oxygen atoms in total. The summed E-state index contributed by atoms with van der Waals surface area (Å²) in [6.45, 7) is 1.85. The fourth-order valence-electron chi connectivity index (χ4n) is 1.36. The zero-order chi connectivity index (χ0) is 11.2. The Balaban J connectivity index is 1.76. The molecule has 0 unspecified atom stereocenters. The molecular formula is C10H14N4O2. The molecule has 0 radical (unpaired) electrons. The molecule has 0 spiro atoms. The van der Waals surface area contributed by atoms with Crippen molar-refractivity contribution in [2.75, 3.05) is 6.61 Å². The van der Waals surface area contributed by atoms with E-state index in [1.54, 1.807) is 10.9 Å². The van der Waals surface area contributed by atoms with Crippen LogP contribution in [0.4, 0.5) is 0 Å². The Hall–Kier alpha value is -1.66. The molecule has 2 aromatic heterocycles. The highest BCUT2D eigenvalue weighted by atomic mass is 16.3. The van der Waals surface area contributed by atoms with Crippen LogP contribution in [0.15, 0.2) is 29.0 Å². The van der Waals surface area contributed by atoms with Gasteiger partial charge in [0.2, 0.25) is 0 Å². The van der Waals surface area contributed by atoms with E-state index in [1.807, 2.05) is 18.3 Å². The molecule has 16 heavy (non-hydrogen) atoms. The van der Waals surface area contributed by atoms with Gasteiger partial charge in [0.15, 0.2) is 0 Å². The van der Waals surface area contributed by atoms with Crippen molar-refractivity contribution in [2.24, 2.45) is 0 Å². The van der Waals surface area contributed by atoms with Crippen molar-refractivity contribution in [3.63, 3.8) is 0 Å². The van der Waals surface area contributed by atoms with E-state index < -0.39 is 0 Å². The van der Waals surface area contributed by atoms with Gasteiger partial charge < -0.3 is 14.8 Å². The molecule has 0 saturated heterocycles. The van der Waals surface area contributed by atoms with E-state index in [-0.39, 0.29) is 6.61 Å². The van der Waals surface area contributed by atoms with Crippen LogP contribution < -0.4 is 5.32 Å². The molecule has 0 aromatic carbocycles. The lowest BCUT2D eigenvalue weighted by atomic mass is 10.4. The fourth-order valence-corrected chi connectivity index (χ4v) is 1.36. The van der Waals surface area contributed by atoms with E-state index >= 15 is 0 Å². The summed E-state index contributed by atoms with van der Waals surface area (Å²) >= 11 is 0. The smallest absolute Gasteiger partial charge is 0.117 e. The van der Waals surface area contributed by atoms with Gasteiger partial charge in [0.1, 0.15) is 5.76 Å². The van der Waals surface area contributed by atoms with Crippen molar-refractivity contribution in [3.8, 4) is 0 Å². The van der Waals surface area contributed by atoms with Gasteiger partial charge >= 0.3 is 0 Å². The summed E-state index contributed by atoms with van der Waals surface area (Å²) in [5, 5.41) is 19.7. The first-order valence-electron chi connectivity index (χ1n) is 5.11. The lowest BCUT2D eigenvalue weighted by Crippen LogP contribution is -2.12. The van der Waals surface area contributed by atoms with Crippen LogP contribution in [-0.4, -0.2) is 26.7 Å². The second-order valence-corrected chi connectivity index (χ2v) is 3.38. The topological polar surface area (TPSA) is 76.1 Å². The van der Waals surface area contributed by atoms with Crippen molar-refractivity contribution < 1.29 is 9.52 Å². The minimum Gasteiger partial charge on any atom is -0.468 e. The minimum atomic E-state index is 0.0720. The normalized spacial score (nSPS) is 10.8. The maximum Gasteiger partial charge on any atom is 0.117 e. The predicted molar refractivity (Wildman–Crippen MR) is 56.4 cm³/mol. The number of hydrogen-bond acceptors (Lipinski definition) is 5. The summed E-state index contributed by atoms with van der Waals surface area (Å²) in [5.41, 5.74) is 0.847. The van der Waals surface area contributed by atoms with Gasteiger partial charge in [-0.05, 0) is 12.1 Å². The second-order valence-electron chi connectivity index (χ2n) is 3.38. The summed E-state index contributed by atoms with van der Waals surface area (Å²) in [6.07, 6.45) is 3.46. The summed E-state index contributed by atoms with van der Waals surface area (Å²) < 4.78 is 6.79. The monoisotopic (exact) mass is 222 g/mol. The Morgan fingerprint density at radius 3 is 3.12 bits per heavy atom. The number of nitrogens with one attached hydrogen (secondary N) is 1. The molecule has 0 fully saturated rings. The predicted octanol–water partition coefficient (Wildman–Crippen LogP) is 0.153. The first kappa shape index (κ1) is 10.8. The number of aliphatic hydroxyl groups excluding tert-OH is 1. The molecule has 2 N–H and O–H groups in total. The highest BCUT2D eigenvalue weighted by Gasteiger charge is 2.00. The second kappa shape index (κ2) is 5.43. The van der Waals surface area contributed by atoms with Gasteiger partial charge in [-0.3, -0.25) is 0 Å². The van der Waals surface area contributed by atoms with E-state index in [1.165, 1.54) is 0 Å². The molecule has 2 rings (SSSR count). The quantitative estimate of drug-likeness (QED) is 0.727. The van der Waals surface area contributed by atoms with Crippen molar-refractivity contribution in [3.05, 3.63) is 36.0 Å². The summed E-state index contributed by atoms with van der Waals surface area (Å²) in [5.74, 6) is 0.891. The van der Waals surface area contributed by atoms with E-state index in [2.05, 4.69) is 15.6 Å². The van der Waals surface area contributed by atoms with Crippen molar-refractivity contribution >= 4 is 0 Å². The third kappa shape index (κ3) is 2.91. The van der Waals surface area contributed by atoms with Crippen molar-refractivity contribution in [2.45, 2.75) is 19.6 Å². The van der Waals surface area contributed by atoms with Crippen LogP contribution in [-0.2, 0) is 19.6 Å². The lowest BCUT2D eigenvalue weighted by Gasteiger charge is -1.98. The average molecular weight is 222 g/mol. The number of aliphatic hydroxyl groups is 1. The molecule has 0 bridgehead atoms. The van der Waals surface area contributed by atoms with E-state index in [0.717, 1.165) is 11.5 Å². The van der Waals surface area contributed by atoms with Crippen LogP contribution in [0.3, 0.4) is 0 Å². The zero-order valence-electron chi connectivity index (χ0n) is 8.83. The molecule has 0 aliphatic rings. The SMILES string of the molecule is OCCn1cc(CNCc2ccco2)nn1. The maximum absolute atomic E-state index is 8.71. The maximum atomic E-state index is 8.71. The highest BCUT2D eigenvalue weighted by molar-refractivity contribution is 4.98. The summed E-state index contributed by atoms with van der Waals surface area (Å²) in [6, 6.07) is 3.77. The Kier molecular flexibility index (Phi) is 3.68. The van der Waals surface area contributed by atoms with Gasteiger partial charge in [-0.1, -0.05) is 5.21 Å². The van der Waals surface area contributed by atoms with Gasteiger partial charge in [-0.2, -0.15) is 0 Å². The zero-order valence-corrected chi connectivity index (χ0v) is 8.83. The standard InChI is InChI=1S/C10H14N4O2/c15-4-3-14-8-9(12-13-14)6-11-7-10-2-1-5-16-10/h1-2,5,8,11,15H,3-4,6-7H2. The largest absolute Gasteiger partial charge is 0.468 e. The van der Waals surface area contributed by atoms with E-state index in [9.17, 15) is 0 Å². The lowest BCUT2D eigenvalue weighted by molar-refractivity contribution is 0.268. The molecular weight excluding hydrogens is 208 g/mol. The molecule has 0 amide bonds. The molecule has 0 aliphatic carbocycles. The molecule has 6 heteroatoms. The molecule has 0 saturated carbocycles. The highest BCUT2D eigenvalue weighted by Crippen LogP contribution is 1.99. The van der Waals surface area contributed by atoms with Gasteiger partial charge in [-0.15, -0.1) is 5.10 Å². The molecule has 2 aromatic rings. The summed E-state index contributed by atoms with van der Waals surface area (Å²) in [4.78, 5) is 0. The molecule has 2 heterocycles. The number of furan rings is 1. The first-order valence-corrected chi connectivity index (χ1v) is 5.11. The van der Waals surface area contributed by atoms with Gasteiger partial charge in [0.05, 0.1) is 31.7 Å². The van der Waals surface area contributed by atoms with Crippen LogP contribution in [0.1, 0.15) is 11.5 Å². The first-order chi connectivity index (χ1) is 7.88. The van der Waals surface area contributed by atoms with Crippen LogP contribution in [0.25, 0.3) is 0 Å². The average Bonchev–Trinajstić information content (AvgIpc) is 2.90. The Morgan fingerprint density at radius 1 is 1.44 bits per heavy atom. The minimum absolute atomic E-state index is 0.0720. The van der Waals surface area contributed by atoms with Crippen molar-refractivity contribution in [1.82, 2.24) is 20.3 Å². The third-order valence-electron chi connectivity index (χ3n) is 2.10. The number of nitrogens with zero attached hydrogens (tertiary/aromatic N) is 3. The molecule has 86 valence electrons. The van der Waals surface area contributed by atoms with Crippen LogP contribution >= 0.6 is 0 Å². The number of aromatic nitrogens is 3. The Morgan fingerprint density at radius 2 is 2.38 bits per heavy atom. The Labute approximate surface area is 92.9 Å². The summed E-state index contributed by atoms with van der Waals surface area (Å²) in [7, 11) is 0.